The van der Waals surface area contributed by atoms with Crippen molar-refractivity contribution in [3.63, 3.8) is 0 Å². The molecule has 1 rings (SSSR count). The molecule has 1 unspecified atom stereocenters. The highest BCUT2D eigenvalue weighted by atomic mass is 35.5. The van der Waals surface area contributed by atoms with Crippen molar-refractivity contribution < 1.29 is 14.3 Å². The number of carbonyl (C=O) groups excluding carboxylic acids is 2. The molecule has 1 aromatic rings. The Labute approximate surface area is 117 Å². The van der Waals surface area contributed by atoms with Crippen molar-refractivity contribution in [2.75, 3.05) is 14.2 Å². The third-order valence-corrected chi connectivity index (χ3v) is 2.72. The van der Waals surface area contributed by atoms with Crippen LogP contribution < -0.4 is 10.1 Å². The van der Waals surface area contributed by atoms with Gasteiger partial charge < -0.3 is 9.64 Å². The van der Waals surface area contributed by atoms with Crippen molar-refractivity contribution >= 4 is 23.5 Å². The van der Waals surface area contributed by atoms with Gasteiger partial charge in [0.25, 0.3) is 0 Å². The number of hydrogen-bond donors (Lipinski definition) is 1. The Bertz CT molecular complexity index is 446. The maximum Gasteiger partial charge on any atom is 0.324 e. The van der Waals surface area contributed by atoms with Crippen LogP contribution in [0.2, 0.25) is 0 Å². The summed E-state index contributed by atoms with van der Waals surface area (Å²) in [6.45, 7) is 1.90. The molecule has 0 radical (unpaired) electrons. The van der Waals surface area contributed by atoms with E-state index in [4.69, 9.17) is 16.3 Å². The molecule has 0 aliphatic rings. The number of ether oxygens (including phenoxy) is 1. The summed E-state index contributed by atoms with van der Waals surface area (Å²) in [4.78, 5) is 24.4. The van der Waals surface area contributed by atoms with Gasteiger partial charge in [-0.15, -0.1) is 11.6 Å². The molecule has 0 aromatic heterocycles. The number of nitrogens with zero attached hydrogens (tertiary/aromatic N) is 1. The average Bonchev–Trinajstić information content (AvgIpc) is 2.39. The predicted octanol–water partition coefficient (Wildman–Crippen LogP) is 1.99. The fourth-order valence-electron chi connectivity index (χ4n) is 1.38. The van der Waals surface area contributed by atoms with Gasteiger partial charge in [0.1, 0.15) is 11.1 Å². The minimum Gasteiger partial charge on any atom is -0.497 e. The van der Waals surface area contributed by atoms with Crippen LogP contribution in [0.4, 0.5) is 4.79 Å². The maximum absolute atomic E-state index is 11.7. The normalized spacial score (nSPS) is 11.6. The second kappa shape index (κ2) is 6.99. The minimum atomic E-state index is -0.738. The number of imide groups is 1. The Morgan fingerprint density at radius 1 is 1.37 bits per heavy atom. The van der Waals surface area contributed by atoms with E-state index in [0.717, 1.165) is 11.3 Å². The molecule has 1 N–H and O–H groups in total. The number of rotatable bonds is 4. The largest absolute Gasteiger partial charge is 0.497 e. The Morgan fingerprint density at radius 3 is 2.42 bits per heavy atom. The van der Waals surface area contributed by atoms with Gasteiger partial charge in [-0.25, -0.2) is 4.79 Å². The molecule has 6 heteroatoms. The van der Waals surface area contributed by atoms with Gasteiger partial charge >= 0.3 is 6.03 Å². The first kappa shape index (κ1) is 15.3. The summed E-state index contributed by atoms with van der Waals surface area (Å²) in [5.74, 6) is 0.246. The van der Waals surface area contributed by atoms with E-state index >= 15 is 0 Å². The molecule has 19 heavy (non-hydrogen) atoms. The van der Waals surface area contributed by atoms with Crippen LogP contribution in [0.1, 0.15) is 12.5 Å². The van der Waals surface area contributed by atoms with Crippen LogP contribution in [0, 0.1) is 0 Å². The van der Waals surface area contributed by atoms with E-state index in [9.17, 15) is 9.59 Å². The molecule has 3 amide bonds. The molecular formula is C13H17ClN2O3. The van der Waals surface area contributed by atoms with Crippen LogP contribution in [0.5, 0.6) is 5.75 Å². The lowest BCUT2D eigenvalue weighted by Crippen LogP contribution is -2.42. The molecule has 0 bridgehead atoms. The summed E-state index contributed by atoms with van der Waals surface area (Å²) in [5, 5.41) is 1.48. The number of urea groups is 1. The third-order valence-electron chi connectivity index (χ3n) is 2.52. The molecule has 104 valence electrons. The van der Waals surface area contributed by atoms with Gasteiger partial charge in [-0.05, 0) is 24.6 Å². The van der Waals surface area contributed by atoms with Crippen molar-refractivity contribution in [1.82, 2.24) is 10.2 Å². The molecule has 0 saturated carbocycles. The summed E-state index contributed by atoms with van der Waals surface area (Å²) in [5.41, 5.74) is 0.935. The number of methoxy groups -OCH3 is 1. The Balaban J connectivity index is 2.55. The summed E-state index contributed by atoms with van der Waals surface area (Å²) in [6.07, 6.45) is 0. The SMILES string of the molecule is COc1ccc(CN(C)C(=O)NC(=O)C(C)Cl)cc1. The smallest absolute Gasteiger partial charge is 0.324 e. The van der Waals surface area contributed by atoms with E-state index in [1.807, 2.05) is 24.3 Å². The van der Waals surface area contributed by atoms with E-state index in [1.165, 1.54) is 11.8 Å². The molecule has 0 aliphatic heterocycles. The number of alkyl halides is 1. The average molecular weight is 285 g/mol. The van der Waals surface area contributed by atoms with Crippen LogP contribution in [0.15, 0.2) is 24.3 Å². The van der Waals surface area contributed by atoms with Crippen LogP contribution >= 0.6 is 11.6 Å². The maximum atomic E-state index is 11.7. The first-order chi connectivity index (χ1) is 8.93. The zero-order chi connectivity index (χ0) is 14.4. The lowest BCUT2D eigenvalue weighted by Gasteiger charge is -2.18. The van der Waals surface area contributed by atoms with Crippen molar-refractivity contribution in [3.05, 3.63) is 29.8 Å². The summed E-state index contributed by atoms with van der Waals surface area (Å²) in [7, 11) is 3.19. The van der Waals surface area contributed by atoms with Gasteiger partial charge in [0, 0.05) is 13.6 Å². The third kappa shape index (κ3) is 4.79. The van der Waals surface area contributed by atoms with Crippen molar-refractivity contribution in [1.29, 1.82) is 0 Å². The number of carbonyl (C=O) groups is 2. The molecule has 1 atom stereocenters. The summed E-state index contributed by atoms with van der Waals surface area (Å²) < 4.78 is 5.05. The topological polar surface area (TPSA) is 58.6 Å². The van der Waals surface area contributed by atoms with Gasteiger partial charge in [-0.3, -0.25) is 10.1 Å². The van der Waals surface area contributed by atoms with Crippen LogP contribution in [-0.4, -0.2) is 36.4 Å². The number of nitrogens with one attached hydrogen (secondary N) is 1. The van der Waals surface area contributed by atoms with Crippen LogP contribution in [0.25, 0.3) is 0 Å². The standard InChI is InChI=1S/C13H17ClN2O3/c1-9(14)12(17)15-13(18)16(2)8-10-4-6-11(19-3)7-5-10/h4-7,9H,8H2,1-3H3,(H,15,17,18). The number of halogens is 1. The second-order valence-corrected chi connectivity index (χ2v) is 4.77. The Morgan fingerprint density at radius 2 is 1.95 bits per heavy atom. The fraction of sp³-hybridized carbons (Fsp3) is 0.385. The van der Waals surface area contributed by atoms with Gasteiger partial charge in [0.15, 0.2) is 0 Å². The molecule has 0 fully saturated rings. The first-order valence-electron chi connectivity index (χ1n) is 5.77. The lowest BCUT2D eigenvalue weighted by atomic mass is 10.2. The van der Waals surface area contributed by atoms with Crippen molar-refractivity contribution in [2.24, 2.45) is 0 Å². The molecular weight excluding hydrogens is 268 g/mol. The van der Waals surface area contributed by atoms with E-state index in [1.54, 1.807) is 14.2 Å². The van der Waals surface area contributed by atoms with Crippen LogP contribution in [0.3, 0.4) is 0 Å². The van der Waals surface area contributed by atoms with E-state index < -0.39 is 17.3 Å². The van der Waals surface area contributed by atoms with Crippen LogP contribution in [-0.2, 0) is 11.3 Å². The molecule has 5 nitrogen and oxygen atoms in total. The molecule has 0 aliphatic carbocycles. The fourth-order valence-corrected chi connectivity index (χ4v) is 1.43. The number of benzene rings is 1. The molecule has 0 spiro atoms. The number of hydrogen-bond acceptors (Lipinski definition) is 3. The van der Waals surface area contributed by atoms with Gasteiger partial charge in [-0.2, -0.15) is 0 Å². The van der Waals surface area contributed by atoms with Crippen molar-refractivity contribution in [2.45, 2.75) is 18.8 Å². The quantitative estimate of drug-likeness (QED) is 0.860. The van der Waals surface area contributed by atoms with E-state index in [2.05, 4.69) is 5.32 Å². The second-order valence-electron chi connectivity index (χ2n) is 4.11. The Kier molecular flexibility index (Phi) is 5.63. The lowest BCUT2D eigenvalue weighted by molar-refractivity contribution is -0.119. The summed E-state index contributed by atoms with van der Waals surface area (Å²) >= 11 is 5.57. The zero-order valence-electron chi connectivity index (χ0n) is 11.1. The minimum absolute atomic E-state index is 0.389. The number of amides is 3. The molecule has 0 saturated heterocycles. The monoisotopic (exact) mass is 284 g/mol. The highest BCUT2D eigenvalue weighted by Gasteiger charge is 2.16. The van der Waals surface area contributed by atoms with Gasteiger partial charge in [-0.1, -0.05) is 12.1 Å². The zero-order valence-corrected chi connectivity index (χ0v) is 11.9. The highest BCUT2D eigenvalue weighted by Crippen LogP contribution is 2.12. The van der Waals surface area contributed by atoms with E-state index in [-0.39, 0.29) is 0 Å². The molecule has 0 heterocycles. The predicted molar refractivity (Wildman–Crippen MR) is 73.3 cm³/mol. The first-order valence-corrected chi connectivity index (χ1v) is 6.20. The van der Waals surface area contributed by atoms with E-state index in [0.29, 0.717) is 6.54 Å². The van der Waals surface area contributed by atoms with Gasteiger partial charge in [0.05, 0.1) is 7.11 Å². The Hall–Kier alpha value is -1.75. The highest BCUT2D eigenvalue weighted by molar-refractivity contribution is 6.31. The van der Waals surface area contributed by atoms with Gasteiger partial charge in [0.2, 0.25) is 5.91 Å². The summed E-state index contributed by atoms with van der Waals surface area (Å²) in [6, 6.07) is 6.86. The molecule has 1 aromatic carbocycles. The van der Waals surface area contributed by atoms with Crippen molar-refractivity contribution in [3.8, 4) is 5.75 Å².